The van der Waals surface area contributed by atoms with Crippen molar-refractivity contribution in [1.82, 2.24) is 10.6 Å². The number of benzene rings is 1. The van der Waals surface area contributed by atoms with Gasteiger partial charge in [0.2, 0.25) is 0 Å². The van der Waals surface area contributed by atoms with E-state index in [0.717, 1.165) is 28.5 Å². The van der Waals surface area contributed by atoms with E-state index in [0.29, 0.717) is 6.54 Å². The number of ether oxygens (including phenoxy) is 2. The van der Waals surface area contributed by atoms with Gasteiger partial charge in [-0.15, -0.1) is 11.3 Å². The standard InChI is InChI=1S/C17H22BrN3O2S/c1-12(23-16-7-5-4-6-15(16)22-3)9-20-17(19-2)21-10-14-8-13(18)11-24-14/h4-8,11-12H,9-10H2,1-3H3,(H2,19,20,21). The van der Waals surface area contributed by atoms with Gasteiger partial charge in [0.15, 0.2) is 17.5 Å². The van der Waals surface area contributed by atoms with Crippen LogP contribution in [0.4, 0.5) is 0 Å². The number of guanidine groups is 1. The van der Waals surface area contributed by atoms with Crippen molar-refractivity contribution < 1.29 is 9.47 Å². The molecular weight excluding hydrogens is 390 g/mol. The Labute approximate surface area is 155 Å². The first-order valence-corrected chi connectivity index (χ1v) is 9.26. The molecule has 1 atom stereocenters. The number of rotatable bonds is 7. The van der Waals surface area contributed by atoms with Gasteiger partial charge in [0, 0.05) is 21.8 Å². The highest BCUT2D eigenvalue weighted by Crippen LogP contribution is 2.26. The van der Waals surface area contributed by atoms with Crippen LogP contribution in [0.25, 0.3) is 0 Å². The van der Waals surface area contributed by atoms with Crippen LogP contribution in [0.1, 0.15) is 11.8 Å². The fourth-order valence-electron chi connectivity index (χ4n) is 2.05. The second-order valence-corrected chi connectivity index (χ2v) is 7.03. The molecule has 5 nitrogen and oxygen atoms in total. The van der Waals surface area contributed by atoms with Gasteiger partial charge in [0.25, 0.3) is 0 Å². The minimum absolute atomic E-state index is 0.0317. The van der Waals surface area contributed by atoms with Gasteiger partial charge in [-0.05, 0) is 41.1 Å². The van der Waals surface area contributed by atoms with Gasteiger partial charge in [0.1, 0.15) is 6.10 Å². The topological polar surface area (TPSA) is 54.9 Å². The monoisotopic (exact) mass is 411 g/mol. The predicted molar refractivity (Wildman–Crippen MR) is 103 cm³/mol. The maximum Gasteiger partial charge on any atom is 0.191 e. The molecule has 24 heavy (non-hydrogen) atoms. The van der Waals surface area contributed by atoms with Crippen molar-refractivity contribution in [2.75, 3.05) is 20.7 Å². The molecule has 0 aliphatic rings. The third kappa shape index (κ3) is 5.72. The van der Waals surface area contributed by atoms with E-state index in [-0.39, 0.29) is 6.10 Å². The Balaban J connectivity index is 1.79. The van der Waals surface area contributed by atoms with E-state index in [4.69, 9.17) is 9.47 Å². The third-order valence-corrected chi connectivity index (χ3v) is 4.93. The number of nitrogens with zero attached hydrogens (tertiary/aromatic N) is 1. The number of aliphatic imine (C=N–C) groups is 1. The summed E-state index contributed by atoms with van der Waals surface area (Å²) in [6, 6.07) is 9.73. The van der Waals surface area contributed by atoms with E-state index in [1.165, 1.54) is 4.88 Å². The molecule has 2 rings (SSSR count). The molecule has 1 aromatic heterocycles. The molecule has 0 aliphatic carbocycles. The summed E-state index contributed by atoms with van der Waals surface area (Å²) in [5, 5.41) is 8.62. The summed E-state index contributed by atoms with van der Waals surface area (Å²) in [5.74, 6) is 2.21. The minimum Gasteiger partial charge on any atom is -0.493 e. The Morgan fingerprint density at radius 3 is 2.67 bits per heavy atom. The van der Waals surface area contributed by atoms with E-state index in [1.54, 1.807) is 25.5 Å². The Bertz CT molecular complexity index is 675. The van der Waals surface area contributed by atoms with E-state index in [2.05, 4.69) is 43.0 Å². The van der Waals surface area contributed by atoms with Gasteiger partial charge in [-0.1, -0.05) is 12.1 Å². The van der Waals surface area contributed by atoms with Crippen LogP contribution in [0.2, 0.25) is 0 Å². The molecule has 0 saturated heterocycles. The molecular formula is C17H22BrN3O2S. The maximum absolute atomic E-state index is 5.92. The van der Waals surface area contributed by atoms with Crippen LogP contribution in [-0.4, -0.2) is 32.8 Å². The van der Waals surface area contributed by atoms with Crippen molar-refractivity contribution in [1.29, 1.82) is 0 Å². The number of para-hydroxylation sites is 2. The average Bonchev–Trinajstić information content (AvgIpc) is 3.01. The molecule has 2 N–H and O–H groups in total. The number of nitrogens with one attached hydrogen (secondary N) is 2. The fraction of sp³-hybridized carbons (Fsp3) is 0.353. The molecule has 0 saturated carbocycles. The van der Waals surface area contributed by atoms with Crippen molar-refractivity contribution in [2.24, 2.45) is 4.99 Å². The van der Waals surface area contributed by atoms with Gasteiger partial charge in [-0.2, -0.15) is 0 Å². The number of halogens is 1. The zero-order valence-electron chi connectivity index (χ0n) is 14.0. The second kappa shape index (κ2) is 9.54. The van der Waals surface area contributed by atoms with Gasteiger partial charge in [-0.25, -0.2) is 0 Å². The first kappa shape index (κ1) is 18.6. The third-order valence-electron chi connectivity index (χ3n) is 3.23. The molecule has 0 fully saturated rings. The number of hydrogen-bond acceptors (Lipinski definition) is 4. The Morgan fingerprint density at radius 1 is 1.29 bits per heavy atom. The number of thiophene rings is 1. The molecule has 0 radical (unpaired) electrons. The summed E-state index contributed by atoms with van der Waals surface area (Å²) in [6.07, 6.45) is -0.0317. The van der Waals surface area contributed by atoms with E-state index in [1.807, 2.05) is 31.2 Å². The zero-order valence-corrected chi connectivity index (χ0v) is 16.4. The smallest absolute Gasteiger partial charge is 0.191 e. The van der Waals surface area contributed by atoms with Gasteiger partial charge >= 0.3 is 0 Å². The molecule has 1 unspecified atom stereocenters. The van der Waals surface area contributed by atoms with Gasteiger partial charge in [0.05, 0.1) is 20.2 Å². The molecule has 0 amide bonds. The summed E-state index contributed by atoms with van der Waals surface area (Å²) in [5.41, 5.74) is 0. The highest BCUT2D eigenvalue weighted by atomic mass is 79.9. The molecule has 1 heterocycles. The Hall–Kier alpha value is -1.73. The number of methoxy groups -OCH3 is 1. The fourth-order valence-corrected chi connectivity index (χ4v) is 3.44. The first-order valence-electron chi connectivity index (χ1n) is 7.59. The molecule has 130 valence electrons. The van der Waals surface area contributed by atoms with Gasteiger partial charge < -0.3 is 20.1 Å². The lowest BCUT2D eigenvalue weighted by atomic mass is 10.3. The SMILES string of the molecule is CN=C(NCc1cc(Br)cs1)NCC(C)Oc1ccccc1OC. The highest BCUT2D eigenvalue weighted by molar-refractivity contribution is 9.10. The van der Waals surface area contributed by atoms with Crippen molar-refractivity contribution in [3.63, 3.8) is 0 Å². The molecule has 2 aromatic rings. The van der Waals surface area contributed by atoms with E-state index in [9.17, 15) is 0 Å². The van der Waals surface area contributed by atoms with E-state index < -0.39 is 0 Å². The largest absolute Gasteiger partial charge is 0.493 e. The van der Waals surface area contributed by atoms with Crippen LogP contribution in [0.15, 0.2) is 45.2 Å². The van der Waals surface area contributed by atoms with Crippen molar-refractivity contribution in [3.05, 3.63) is 45.1 Å². The predicted octanol–water partition coefficient (Wildman–Crippen LogP) is 3.65. The molecule has 0 spiro atoms. The lowest BCUT2D eigenvalue weighted by molar-refractivity contribution is 0.213. The Morgan fingerprint density at radius 2 is 2.04 bits per heavy atom. The van der Waals surface area contributed by atoms with Crippen LogP contribution >= 0.6 is 27.3 Å². The van der Waals surface area contributed by atoms with Crippen molar-refractivity contribution in [2.45, 2.75) is 19.6 Å². The van der Waals surface area contributed by atoms with Crippen LogP contribution in [0.3, 0.4) is 0 Å². The summed E-state index contributed by atoms with van der Waals surface area (Å²) in [6.45, 7) is 3.37. The molecule has 7 heteroatoms. The van der Waals surface area contributed by atoms with Crippen LogP contribution in [-0.2, 0) is 6.54 Å². The summed E-state index contributed by atoms with van der Waals surface area (Å²) >= 11 is 5.16. The molecule has 0 bridgehead atoms. The Kier molecular flexibility index (Phi) is 7.39. The average molecular weight is 412 g/mol. The van der Waals surface area contributed by atoms with Crippen LogP contribution < -0.4 is 20.1 Å². The summed E-state index contributed by atoms with van der Waals surface area (Å²) in [7, 11) is 3.39. The molecule has 0 aliphatic heterocycles. The summed E-state index contributed by atoms with van der Waals surface area (Å²) in [4.78, 5) is 5.47. The highest BCUT2D eigenvalue weighted by Gasteiger charge is 2.09. The minimum atomic E-state index is -0.0317. The summed E-state index contributed by atoms with van der Waals surface area (Å²) < 4.78 is 12.3. The van der Waals surface area contributed by atoms with Gasteiger partial charge in [-0.3, -0.25) is 4.99 Å². The quantitative estimate of drug-likeness (QED) is 0.539. The second-order valence-electron chi connectivity index (χ2n) is 5.12. The number of hydrogen-bond donors (Lipinski definition) is 2. The molecule has 1 aromatic carbocycles. The van der Waals surface area contributed by atoms with Crippen LogP contribution in [0.5, 0.6) is 11.5 Å². The lowest BCUT2D eigenvalue weighted by Crippen LogP contribution is -2.41. The zero-order chi connectivity index (χ0) is 17.4. The van der Waals surface area contributed by atoms with Crippen LogP contribution in [0, 0.1) is 0 Å². The normalized spacial score (nSPS) is 12.6. The van der Waals surface area contributed by atoms with Crippen molar-refractivity contribution in [3.8, 4) is 11.5 Å². The van der Waals surface area contributed by atoms with E-state index >= 15 is 0 Å². The maximum atomic E-state index is 5.92. The van der Waals surface area contributed by atoms with Crippen molar-refractivity contribution >= 4 is 33.2 Å². The first-order chi connectivity index (χ1) is 11.6. The lowest BCUT2D eigenvalue weighted by Gasteiger charge is -2.18.